The fourth-order valence-electron chi connectivity index (χ4n) is 2.99. The second-order valence-electron chi connectivity index (χ2n) is 5.91. The number of thiophene rings is 1. The molecule has 3 rings (SSSR count). The molecule has 0 fully saturated rings. The number of carbonyl (C=O) groups is 2. The molecule has 0 aliphatic carbocycles. The average Bonchev–Trinajstić information content (AvgIpc) is 3.15. The number of ketones is 1. The molecule has 0 saturated heterocycles. The molecule has 4 nitrogen and oxygen atoms in total. The standard InChI is InChI=1S/C18H18BrNO3S/c1-2-3-8-20-14-7-6-12(19)10-13(14)18(23,17(20)22)11-15(21)16-5-4-9-24-16/h4-7,9-10,23H,2-3,8,11H2,1H3/t18-/m1/s1. The molecule has 1 N–H and O–H groups in total. The van der Waals surface area contributed by atoms with Gasteiger partial charge in [0.05, 0.1) is 17.0 Å². The number of benzene rings is 1. The molecule has 1 atom stereocenters. The summed E-state index contributed by atoms with van der Waals surface area (Å²) in [6.45, 7) is 2.59. The van der Waals surface area contributed by atoms with Crippen LogP contribution in [0.25, 0.3) is 0 Å². The third-order valence-electron chi connectivity index (χ3n) is 4.24. The quantitative estimate of drug-likeness (QED) is 0.732. The molecule has 0 bridgehead atoms. The number of anilines is 1. The lowest BCUT2D eigenvalue weighted by Crippen LogP contribution is -2.42. The summed E-state index contributed by atoms with van der Waals surface area (Å²) in [6.07, 6.45) is 1.55. The van der Waals surface area contributed by atoms with Crippen molar-refractivity contribution >= 4 is 44.6 Å². The van der Waals surface area contributed by atoms with Crippen molar-refractivity contribution in [2.75, 3.05) is 11.4 Å². The minimum Gasteiger partial charge on any atom is -0.375 e. The first-order valence-corrected chi connectivity index (χ1v) is 9.55. The maximum atomic E-state index is 12.9. The van der Waals surface area contributed by atoms with Gasteiger partial charge in [-0.15, -0.1) is 11.3 Å². The van der Waals surface area contributed by atoms with Gasteiger partial charge in [-0.3, -0.25) is 9.59 Å². The van der Waals surface area contributed by atoms with Crippen LogP contribution in [0.4, 0.5) is 5.69 Å². The summed E-state index contributed by atoms with van der Waals surface area (Å²) in [5.41, 5.74) is -0.602. The van der Waals surface area contributed by atoms with E-state index in [9.17, 15) is 14.7 Å². The Morgan fingerprint density at radius 1 is 1.38 bits per heavy atom. The number of nitrogens with zero attached hydrogens (tertiary/aromatic N) is 1. The van der Waals surface area contributed by atoms with Crippen LogP contribution in [0.3, 0.4) is 0 Å². The van der Waals surface area contributed by atoms with Crippen LogP contribution in [0.2, 0.25) is 0 Å². The average molecular weight is 408 g/mol. The molecule has 126 valence electrons. The summed E-state index contributed by atoms with van der Waals surface area (Å²) in [7, 11) is 0. The van der Waals surface area contributed by atoms with Crippen molar-refractivity contribution in [2.45, 2.75) is 31.8 Å². The molecule has 0 radical (unpaired) electrons. The highest BCUT2D eigenvalue weighted by molar-refractivity contribution is 9.10. The second-order valence-corrected chi connectivity index (χ2v) is 7.77. The van der Waals surface area contributed by atoms with E-state index in [-0.39, 0.29) is 12.2 Å². The number of fused-ring (bicyclic) bond motifs is 1. The molecule has 1 aliphatic heterocycles. The number of hydrogen-bond donors (Lipinski definition) is 1. The van der Waals surface area contributed by atoms with Crippen LogP contribution in [-0.4, -0.2) is 23.3 Å². The van der Waals surface area contributed by atoms with Gasteiger partial charge in [-0.25, -0.2) is 0 Å². The molecule has 1 aliphatic rings. The van der Waals surface area contributed by atoms with E-state index in [0.29, 0.717) is 22.7 Å². The van der Waals surface area contributed by atoms with Gasteiger partial charge in [0.25, 0.3) is 5.91 Å². The van der Waals surface area contributed by atoms with E-state index in [2.05, 4.69) is 22.9 Å². The van der Waals surface area contributed by atoms with Crippen molar-refractivity contribution < 1.29 is 14.7 Å². The Bertz CT molecular complexity index is 775. The molecule has 2 aromatic rings. The number of halogens is 1. The highest BCUT2D eigenvalue weighted by Crippen LogP contribution is 2.44. The van der Waals surface area contributed by atoms with Crippen LogP contribution in [0.5, 0.6) is 0 Å². The summed E-state index contributed by atoms with van der Waals surface area (Å²) >= 11 is 4.71. The molecule has 0 saturated carbocycles. The number of unbranched alkanes of at least 4 members (excludes halogenated alkanes) is 1. The number of Topliss-reactive ketones (excluding diaryl/α,β-unsaturated/α-hetero) is 1. The zero-order valence-corrected chi connectivity index (χ0v) is 15.7. The number of amides is 1. The zero-order chi connectivity index (χ0) is 17.3. The summed E-state index contributed by atoms with van der Waals surface area (Å²) in [5.74, 6) is -0.627. The molecular weight excluding hydrogens is 390 g/mol. The maximum absolute atomic E-state index is 12.9. The first kappa shape index (κ1) is 17.3. The Kier molecular flexibility index (Phi) is 4.90. The van der Waals surface area contributed by atoms with E-state index >= 15 is 0 Å². The Hall–Kier alpha value is -1.50. The number of aliphatic hydroxyl groups is 1. The lowest BCUT2D eigenvalue weighted by Gasteiger charge is -2.22. The van der Waals surface area contributed by atoms with E-state index in [4.69, 9.17) is 0 Å². The summed E-state index contributed by atoms with van der Waals surface area (Å²) < 4.78 is 0.772. The van der Waals surface area contributed by atoms with Gasteiger partial charge in [-0.2, -0.15) is 0 Å². The van der Waals surface area contributed by atoms with E-state index in [1.54, 1.807) is 23.1 Å². The summed E-state index contributed by atoms with van der Waals surface area (Å²) in [5, 5.41) is 13.0. The van der Waals surface area contributed by atoms with Crippen LogP contribution in [-0.2, 0) is 10.4 Å². The fraction of sp³-hybridized carbons (Fsp3) is 0.333. The van der Waals surface area contributed by atoms with Gasteiger partial charge < -0.3 is 10.0 Å². The molecule has 2 heterocycles. The SMILES string of the molecule is CCCCN1C(=O)[C@@](O)(CC(=O)c2cccs2)c2cc(Br)ccc21. The van der Waals surface area contributed by atoms with Crippen molar-refractivity contribution in [1.29, 1.82) is 0 Å². The van der Waals surface area contributed by atoms with Crippen LogP contribution in [0, 0.1) is 0 Å². The van der Waals surface area contributed by atoms with E-state index in [1.807, 2.05) is 17.5 Å². The van der Waals surface area contributed by atoms with Crippen molar-refractivity contribution in [3.05, 3.63) is 50.6 Å². The van der Waals surface area contributed by atoms with Gasteiger partial charge in [-0.1, -0.05) is 35.3 Å². The van der Waals surface area contributed by atoms with Gasteiger partial charge in [0, 0.05) is 16.6 Å². The van der Waals surface area contributed by atoms with Gasteiger partial charge in [0.15, 0.2) is 11.4 Å². The van der Waals surface area contributed by atoms with Gasteiger partial charge in [0.2, 0.25) is 0 Å². The molecule has 6 heteroatoms. The third kappa shape index (κ3) is 2.94. The largest absolute Gasteiger partial charge is 0.375 e. The minimum atomic E-state index is -1.80. The van der Waals surface area contributed by atoms with Crippen molar-refractivity contribution in [3.63, 3.8) is 0 Å². The van der Waals surface area contributed by atoms with E-state index < -0.39 is 11.5 Å². The Morgan fingerprint density at radius 2 is 2.17 bits per heavy atom. The van der Waals surface area contributed by atoms with Crippen molar-refractivity contribution in [2.24, 2.45) is 0 Å². The summed E-state index contributed by atoms with van der Waals surface area (Å²) in [4.78, 5) is 27.6. The normalized spacial score (nSPS) is 19.6. The molecule has 0 spiro atoms. The van der Waals surface area contributed by atoms with Crippen LogP contribution in [0.1, 0.15) is 41.4 Å². The van der Waals surface area contributed by atoms with Crippen molar-refractivity contribution in [3.8, 4) is 0 Å². The van der Waals surface area contributed by atoms with Gasteiger partial charge in [-0.05, 0) is 36.1 Å². The molecule has 0 unspecified atom stereocenters. The monoisotopic (exact) mass is 407 g/mol. The topological polar surface area (TPSA) is 57.6 Å². The van der Waals surface area contributed by atoms with Crippen LogP contribution >= 0.6 is 27.3 Å². The van der Waals surface area contributed by atoms with E-state index in [1.165, 1.54) is 11.3 Å². The van der Waals surface area contributed by atoms with Gasteiger partial charge in [0.1, 0.15) is 0 Å². The highest BCUT2D eigenvalue weighted by Gasteiger charge is 2.50. The maximum Gasteiger partial charge on any atom is 0.264 e. The fourth-order valence-corrected chi connectivity index (χ4v) is 4.01. The predicted octanol–water partition coefficient (Wildman–Crippen LogP) is 4.12. The number of rotatable bonds is 6. The Morgan fingerprint density at radius 3 is 2.83 bits per heavy atom. The molecule has 1 aromatic heterocycles. The highest BCUT2D eigenvalue weighted by atomic mass is 79.9. The first-order valence-electron chi connectivity index (χ1n) is 7.88. The predicted molar refractivity (Wildman–Crippen MR) is 98.6 cm³/mol. The van der Waals surface area contributed by atoms with Gasteiger partial charge >= 0.3 is 0 Å². The molecule has 24 heavy (non-hydrogen) atoms. The minimum absolute atomic E-state index is 0.218. The molecule has 1 amide bonds. The summed E-state index contributed by atoms with van der Waals surface area (Å²) in [6, 6.07) is 8.91. The lowest BCUT2D eigenvalue weighted by atomic mass is 9.89. The smallest absolute Gasteiger partial charge is 0.264 e. The molecular formula is C18H18BrNO3S. The van der Waals surface area contributed by atoms with E-state index in [0.717, 1.165) is 17.3 Å². The van der Waals surface area contributed by atoms with Crippen LogP contribution < -0.4 is 4.90 Å². The van der Waals surface area contributed by atoms with Crippen molar-refractivity contribution in [1.82, 2.24) is 0 Å². The lowest BCUT2D eigenvalue weighted by molar-refractivity contribution is -0.135. The first-order chi connectivity index (χ1) is 11.5. The number of carbonyl (C=O) groups excluding carboxylic acids is 2. The zero-order valence-electron chi connectivity index (χ0n) is 13.3. The molecule has 1 aromatic carbocycles. The number of hydrogen-bond acceptors (Lipinski definition) is 4. The Labute approximate surface area is 153 Å². The third-order valence-corrected chi connectivity index (χ3v) is 5.65. The van der Waals surface area contributed by atoms with Crippen LogP contribution in [0.15, 0.2) is 40.2 Å². The second kappa shape index (κ2) is 6.78. The Balaban J connectivity index is 1.99.